The van der Waals surface area contributed by atoms with Gasteiger partial charge in [0.1, 0.15) is 5.82 Å². The summed E-state index contributed by atoms with van der Waals surface area (Å²) in [5.41, 5.74) is 2.33. The molecule has 0 spiro atoms. The number of aryl methyl sites for hydroxylation is 1. The van der Waals surface area contributed by atoms with Crippen molar-refractivity contribution in [3.05, 3.63) is 35.9 Å². The van der Waals surface area contributed by atoms with Crippen molar-refractivity contribution in [1.29, 1.82) is 0 Å². The number of hydrogen-bond donors (Lipinski definition) is 1. The molecule has 1 aliphatic heterocycles. The van der Waals surface area contributed by atoms with Gasteiger partial charge in [-0.1, -0.05) is 18.2 Å². The molecule has 2 fully saturated rings. The summed E-state index contributed by atoms with van der Waals surface area (Å²) in [5.74, 6) is 1.06. The Hall–Kier alpha value is -1.61. The van der Waals surface area contributed by atoms with Crippen LogP contribution in [0.2, 0.25) is 0 Å². The van der Waals surface area contributed by atoms with E-state index in [0.717, 1.165) is 17.4 Å². The van der Waals surface area contributed by atoms with Crippen LogP contribution in [0.1, 0.15) is 24.8 Å². The van der Waals surface area contributed by atoms with Crippen LogP contribution in [0.15, 0.2) is 30.3 Å². The average Bonchev–Trinajstić information content (AvgIpc) is 3.20. The zero-order chi connectivity index (χ0) is 13.5. The highest BCUT2D eigenvalue weighted by Gasteiger charge is 2.34. The van der Waals surface area contributed by atoms with Crippen molar-refractivity contribution in [2.75, 3.05) is 18.4 Å². The van der Waals surface area contributed by atoms with E-state index in [1.54, 1.807) is 0 Å². The van der Waals surface area contributed by atoms with E-state index in [1.165, 1.54) is 43.3 Å². The number of pyridine rings is 1. The quantitative estimate of drug-likeness (QED) is 0.925. The van der Waals surface area contributed by atoms with Gasteiger partial charge in [-0.15, -0.1) is 0 Å². The highest BCUT2D eigenvalue weighted by atomic mass is 15.2. The highest BCUT2D eigenvalue weighted by Crippen LogP contribution is 2.31. The zero-order valence-corrected chi connectivity index (χ0v) is 12.0. The molecule has 2 heterocycles. The molecule has 2 aromatic rings. The van der Waals surface area contributed by atoms with Crippen LogP contribution in [0.3, 0.4) is 0 Å². The monoisotopic (exact) mass is 267 g/mol. The lowest BCUT2D eigenvalue weighted by atomic mass is 10.1. The number of benzene rings is 1. The second-order valence-corrected chi connectivity index (χ2v) is 6.20. The molecule has 3 nitrogen and oxygen atoms in total. The maximum Gasteiger partial charge on any atom is 0.129 e. The summed E-state index contributed by atoms with van der Waals surface area (Å²) >= 11 is 0. The molecule has 20 heavy (non-hydrogen) atoms. The number of nitrogens with zero attached hydrogens (tertiary/aromatic N) is 2. The molecule has 1 unspecified atom stereocenters. The van der Waals surface area contributed by atoms with Gasteiger partial charge in [0, 0.05) is 30.6 Å². The lowest BCUT2D eigenvalue weighted by molar-refractivity contribution is 0.326. The minimum atomic E-state index is 0.558. The Kier molecular flexibility index (Phi) is 2.88. The first-order valence-corrected chi connectivity index (χ1v) is 7.66. The van der Waals surface area contributed by atoms with Crippen molar-refractivity contribution in [2.45, 2.75) is 38.3 Å². The molecule has 2 aliphatic rings. The number of aromatic nitrogens is 1. The Bertz CT molecular complexity index is 633. The largest absolute Gasteiger partial charge is 0.366 e. The van der Waals surface area contributed by atoms with Crippen LogP contribution in [0.5, 0.6) is 0 Å². The van der Waals surface area contributed by atoms with Gasteiger partial charge in [0.05, 0.1) is 5.52 Å². The summed E-state index contributed by atoms with van der Waals surface area (Å²) in [7, 11) is 0. The summed E-state index contributed by atoms with van der Waals surface area (Å²) < 4.78 is 0. The van der Waals surface area contributed by atoms with Crippen LogP contribution in [-0.2, 0) is 0 Å². The SMILES string of the molecule is Cc1cc2ccccc2nc1NC1CCN(C2CC2)C1. The summed E-state index contributed by atoms with van der Waals surface area (Å²) in [4.78, 5) is 7.43. The van der Waals surface area contributed by atoms with Gasteiger partial charge >= 0.3 is 0 Å². The molecule has 1 aromatic carbocycles. The average molecular weight is 267 g/mol. The first-order valence-electron chi connectivity index (χ1n) is 7.66. The van der Waals surface area contributed by atoms with E-state index in [4.69, 9.17) is 4.98 Å². The fraction of sp³-hybridized carbons (Fsp3) is 0.471. The normalized spacial score (nSPS) is 23.4. The predicted octanol–water partition coefficient (Wildman–Crippen LogP) is 3.19. The highest BCUT2D eigenvalue weighted by molar-refractivity contribution is 5.81. The first-order chi connectivity index (χ1) is 9.79. The fourth-order valence-corrected chi connectivity index (χ4v) is 3.24. The van der Waals surface area contributed by atoms with E-state index in [9.17, 15) is 0 Å². The molecule has 1 atom stereocenters. The number of para-hydroxylation sites is 1. The summed E-state index contributed by atoms with van der Waals surface area (Å²) in [6, 6.07) is 12.0. The van der Waals surface area contributed by atoms with E-state index in [1.807, 2.05) is 0 Å². The third-order valence-electron chi connectivity index (χ3n) is 4.54. The summed E-state index contributed by atoms with van der Waals surface area (Å²) in [6.07, 6.45) is 4.05. The number of rotatable bonds is 3. The predicted molar refractivity (Wildman–Crippen MR) is 83.1 cm³/mol. The standard InChI is InChI=1S/C17H21N3/c1-12-10-13-4-2-3-5-16(13)19-17(12)18-14-8-9-20(11-14)15-6-7-15/h2-5,10,14-15H,6-9,11H2,1H3,(H,18,19). The number of fused-ring (bicyclic) bond motifs is 1. The van der Waals surface area contributed by atoms with Crippen molar-refractivity contribution < 1.29 is 0 Å². The van der Waals surface area contributed by atoms with E-state index in [0.29, 0.717) is 6.04 Å². The molecule has 104 valence electrons. The van der Waals surface area contributed by atoms with Gasteiger partial charge in [-0.25, -0.2) is 4.98 Å². The fourth-order valence-electron chi connectivity index (χ4n) is 3.24. The van der Waals surface area contributed by atoms with Crippen molar-refractivity contribution in [3.8, 4) is 0 Å². The molecule has 0 bridgehead atoms. The molecule has 1 aromatic heterocycles. The Morgan fingerprint density at radius 2 is 2.05 bits per heavy atom. The van der Waals surface area contributed by atoms with Gasteiger partial charge in [0.15, 0.2) is 0 Å². The van der Waals surface area contributed by atoms with Crippen LogP contribution in [-0.4, -0.2) is 35.1 Å². The number of nitrogens with one attached hydrogen (secondary N) is 1. The Morgan fingerprint density at radius 1 is 1.20 bits per heavy atom. The van der Waals surface area contributed by atoms with Crippen molar-refractivity contribution in [2.24, 2.45) is 0 Å². The molecule has 1 N–H and O–H groups in total. The topological polar surface area (TPSA) is 28.2 Å². The molecule has 0 radical (unpaired) electrons. The van der Waals surface area contributed by atoms with Crippen LogP contribution < -0.4 is 5.32 Å². The molecule has 1 aliphatic carbocycles. The number of likely N-dealkylation sites (tertiary alicyclic amines) is 1. The second-order valence-electron chi connectivity index (χ2n) is 6.20. The zero-order valence-electron chi connectivity index (χ0n) is 12.0. The Labute approximate surface area is 120 Å². The lowest BCUT2D eigenvalue weighted by Crippen LogP contribution is -2.28. The second kappa shape index (κ2) is 4.74. The lowest BCUT2D eigenvalue weighted by Gasteiger charge is -2.17. The minimum absolute atomic E-state index is 0.558. The van der Waals surface area contributed by atoms with Crippen LogP contribution >= 0.6 is 0 Å². The Balaban J connectivity index is 1.54. The number of anilines is 1. The van der Waals surface area contributed by atoms with Crippen molar-refractivity contribution in [3.63, 3.8) is 0 Å². The molecule has 0 amide bonds. The summed E-state index contributed by atoms with van der Waals surface area (Å²) in [6.45, 7) is 4.57. The molecular weight excluding hydrogens is 246 g/mol. The Morgan fingerprint density at radius 3 is 2.90 bits per heavy atom. The molecule has 1 saturated heterocycles. The van der Waals surface area contributed by atoms with Gasteiger partial charge in [0.2, 0.25) is 0 Å². The minimum Gasteiger partial charge on any atom is -0.366 e. The number of hydrogen-bond acceptors (Lipinski definition) is 3. The maximum absolute atomic E-state index is 4.79. The van der Waals surface area contributed by atoms with E-state index in [2.05, 4.69) is 47.5 Å². The van der Waals surface area contributed by atoms with Crippen LogP contribution in [0.4, 0.5) is 5.82 Å². The molecular formula is C17H21N3. The van der Waals surface area contributed by atoms with Crippen LogP contribution in [0, 0.1) is 6.92 Å². The van der Waals surface area contributed by atoms with Gasteiger partial charge in [0.25, 0.3) is 0 Å². The third kappa shape index (κ3) is 2.27. The van der Waals surface area contributed by atoms with Crippen molar-refractivity contribution >= 4 is 16.7 Å². The maximum atomic E-state index is 4.79. The van der Waals surface area contributed by atoms with E-state index in [-0.39, 0.29) is 0 Å². The molecule has 1 saturated carbocycles. The van der Waals surface area contributed by atoms with Gasteiger partial charge in [-0.2, -0.15) is 0 Å². The van der Waals surface area contributed by atoms with E-state index >= 15 is 0 Å². The first kappa shape index (κ1) is 12.2. The van der Waals surface area contributed by atoms with Crippen LogP contribution in [0.25, 0.3) is 10.9 Å². The van der Waals surface area contributed by atoms with E-state index < -0.39 is 0 Å². The molecule has 3 heteroatoms. The third-order valence-corrected chi connectivity index (χ3v) is 4.54. The van der Waals surface area contributed by atoms with Crippen molar-refractivity contribution in [1.82, 2.24) is 9.88 Å². The smallest absolute Gasteiger partial charge is 0.129 e. The van der Waals surface area contributed by atoms with Gasteiger partial charge in [-0.3, -0.25) is 4.90 Å². The summed E-state index contributed by atoms with van der Waals surface area (Å²) in [5, 5.41) is 4.88. The van der Waals surface area contributed by atoms with Gasteiger partial charge < -0.3 is 5.32 Å². The van der Waals surface area contributed by atoms with Gasteiger partial charge in [-0.05, 0) is 43.9 Å². The molecule has 4 rings (SSSR count).